The smallest absolute Gasteiger partial charge is 0.444 e. The predicted octanol–water partition coefficient (Wildman–Crippen LogP) is 5.75. The van der Waals surface area contributed by atoms with Crippen LogP contribution in [0, 0.1) is 11.7 Å². The first-order chi connectivity index (χ1) is 28.6. The minimum atomic E-state index is -4.85. The largest absolute Gasteiger partial charge is 0.573 e. The number of thiazole rings is 1. The molecule has 1 saturated heterocycles. The molecule has 60 heavy (non-hydrogen) atoms. The molecule has 320 valence electrons. The van der Waals surface area contributed by atoms with Gasteiger partial charge in [0.25, 0.3) is 5.91 Å². The summed E-state index contributed by atoms with van der Waals surface area (Å²) >= 11 is 1.17. The number of halogens is 4. The van der Waals surface area contributed by atoms with Crippen molar-refractivity contribution in [2.75, 3.05) is 11.9 Å². The lowest BCUT2D eigenvalue weighted by Crippen LogP contribution is -2.57. The Morgan fingerprint density at radius 2 is 1.80 bits per heavy atom. The molecular weight excluding hydrogens is 833 g/mol. The third-order valence-electron chi connectivity index (χ3n) is 11.5. The minimum absolute atomic E-state index is 0.0241. The van der Waals surface area contributed by atoms with E-state index in [9.17, 15) is 45.2 Å². The van der Waals surface area contributed by atoms with Crippen molar-refractivity contribution in [1.82, 2.24) is 24.8 Å². The molecule has 5 atom stereocenters. The number of carbonyl (C=O) groups excluding carboxylic acids is 4. The van der Waals surface area contributed by atoms with Gasteiger partial charge in [0.2, 0.25) is 21.8 Å². The number of carbonyl (C=O) groups is 4. The van der Waals surface area contributed by atoms with Gasteiger partial charge in [-0.3, -0.25) is 24.0 Å². The van der Waals surface area contributed by atoms with Gasteiger partial charge in [0.1, 0.15) is 35.3 Å². The highest BCUT2D eigenvalue weighted by Gasteiger charge is 2.62. The maximum atomic E-state index is 14.7. The number of sulfonamides is 1. The van der Waals surface area contributed by atoms with E-state index in [1.165, 1.54) is 51.5 Å². The lowest BCUT2D eigenvalue weighted by atomic mass is 10.1. The van der Waals surface area contributed by atoms with E-state index < -0.39 is 86.7 Å². The first-order valence-corrected chi connectivity index (χ1v) is 22.2. The SMILES string of the molecule is O=C1N[C@]2(C(=O)NS(=O)(=O)C3CC3)C[C@@H]2/C=C\CCCCC[C@H](Nc2nc(-c3ccc(OC(F)(F)F)cc3)cs2)C(=O)N2C[C@H](OC(=O)N3Cc4cccc(F)c4C3)C[C@@H]12. The van der Waals surface area contributed by atoms with Crippen LogP contribution in [0.2, 0.25) is 0 Å². The summed E-state index contributed by atoms with van der Waals surface area (Å²) < 4.78 is 90.3. The van der Waals surface area contributed by atoms with Gasteiger partial charge in [-0.2, -0.15) is 0 Å². The number of alkyl halides is 3. The Labute approximate surface area is 346 Å². The molecule has 14 nitrogen and oxygen atoms in total. The highest BCUT2D eigenvalue weighted by Crippen LogP contribution is 2.46. The second-order valence-electron chi connectivity index (χ2n) is 15.8. The average molecular weight is 875 g/mol. The zero-order chi connectivity index (χ0) is 42.4. The number of allylic oxidation sites excluding steroid dienone is 1. The number of hydrogen-bond donors (Lipinski definition) is 3. The molecule has 0 unspecified atom stereocenters. The topological polar surface area (TPSA) is 176 Å². The van der Waals surface area contributed by atoms with E-state index in [0.29, 0.717) is 59.6 Å². The molecule has 2 aromatic carbocycles. The third-order valence-corrected chi connectivity index (χ3v) is 14.1. The highest BCUT2D eigenvalue weighted by molar-refractivity contribution is 7.91. The number of benzene rings is 2. The van der Waals surface area contributed by atoms with Gasteiger partial charge in [0.05, 0.1) is 24.0 Å². The summed E-state index contributed by atoms with van der Waals surface area (Å²) in [6.45, 7) is -0.109. The van der Waals surface area contributed by atoms with Crippen molar-refractivity contribution in [1.29, 1.82) is 0 Å². The molecule has 3 aromatic rings. The fourth-order valence-corrected chi connectivity index (χ4v) is 10.2. The van der Waals surface area contributed by atoms with Gasteiger partial charge in [0.15, 0.2) is 5.13 Å². The Bertz CT molecular complexity index is 2300. The summed E-state index contributed by atoms with van der Waals surface area (Å²) in [7, 11) is -3.96. The predicted molar refractivity (Wildman–Crippen MR) is 209 cm³/mol. The van der Waals surface area contributed by atoms with Crippen molar-refractivity contribution >= 4 is 50.3 Å². The Balaban J connectivity index is 1.04. The van der Waals surface area contributed by atoms with E-state index in [1.54, 1.807) is 17.5 Å². The molecule has 3 aliphatic heterocycles. The van der Waals surface area contributed by atoms with Crippen LogP contribution in [-0.4, -0.2) is 88.9 Å². The van der Waals surface area contributed by atoms with Crippen LogP contribution in [-0.2, 0) is 42.2 Å². The lowest BCUT2D eigenvalue weighted by Gasteiger charge is -2.29. The van der Waals surface area contributed by atoms with E-state index in [2.05, 4.69) is 25.1 Å². The van der Waals surface area contributed by atoms with E-state index in [4.69, 9.17) is 4.74 Å². The number of fused-ring (bicyclic) bond motifs is 3. The molecule has 2 saturated carbocycles. The molecule has 1 aromatic heterocycles. The zero-order valence-corrected chi connectivity index (χ0v) is 33.7. The summed E-state index contributed by atoms with van der Waals surface area (Å²) in [5, 5.41) is 7.33. The zero-order valence-electron chi connectivity index (χ0n) is 32.1. The maximum Gasteiger partial charge on any atom is 0.573 e. The van der Waals surface area contributed by atoms with Gasteiger partial charge in [-0.15, -0.1) is 24.5 Å². The summed E-state index contributed by atoms with van der Waals surface area (Å²) in [6, 6.07) is 7.59. The summed E-state index contributed by atoms with van der Waals surface area (Å²) in [4.78, 5) is 63.5. The fourth-order valence-electron chi connectivity index (χ4n) is 8.02. The molecule has 8 rings (SSSR count). The van der Waals surface area contributed by atoms with Crippen LogP contribution in [0.4, 0.5) is 27.5 Å². The quantitative estimate of drug-likeness (QED) is 0.187. The van der Waals surface area contributed by atoms with Gasteiger partial charge in [-0.1, -0.05) is 37.1 Å². The Kier molecular flexibility index (Phi) is 11.3. The second-order valence-corrected chi connectivity index (χ2v) is 18.6. The van der Waals surface area contributed by atoms with Crippen LogP contribution in [0.25, 0.3) is 11.3 Å². The van der Waals surface area contributed by atoms with Crippen molar-refractivity contribution < 1.29 is 54.6 Å². The van der Waals surface area contributed by atoms with Crippen LogP contribution in [0.15, 0.2) is 60.0 Å². The Morgan fingerprint density at radius 3 is 2.53 bits per heavy atom. The van der Waals surface area contributed by atoms with E-state index >= 15 is 0 Å². The van der Waals surface area contributed by atoms with Gasteiger partial charge in [0, 0.05) is 35.4 Å². The number of rotatable bonds is 8. The Morgan fingerprint density at radius 1 is 1.02 bits per heavy atom. The van der Waals surface area contributed by atoms with E-state index in [-0.39, 0.29) is 32.5 Å². The van der Waals surface area contributed by atoms with Crippen molar-refractivity contribution in [3.05, 3.63) is 76.9 Å². The molecule has 4 heterocycles. The van der Waals surface area contributed by atoms with Gasteiger partial charge in [-0.05, 0) is 74.4 Å². The number of nitrogens with zero attached hydrogens (tertiary/aromatic N) is 3. The molecule has 4 amide bonds. The molecule has 0 spiro atoms. The molecular formula is C40H42F4N6O8S2. The van der Waals surface area contributed by atoms with Crippen molar-refractivity contribution in [3.63, 3.8) is 0 Å². The number of ether oxygens (including phenoxy) is 2. The van der Waals surface area contributed by atoms with E-state index in [1.807, 2.05) is 12.2 Å². The van der Waals surface area contributed by atoms with Crippen molar-refractivity contribution in [2.45, 2.75) is 106 Å². The number of nitrogens with one attached hydrogen (secondary N) is 3. The second kappa shape index (κ2) is 16.3. The average Bonchev–Trinajstić information content (AvgIpc) is 3.99. The van der Waals surface area contributed by atoms with Crippen LogP contribution in [0.1, 0.15) is 68.9 Å². The van der Waals surface area contributed by atoms with E-state index in [0.717, 1.165) is 12.8 Å². The number of anilines is 1. The monoisotopic (exact) mass is 874 g/mol. The normalized spacial score (nSPS) is 26.4. The third kappa shape index (κ3) is 9.08. The lowest BCUT2D eigenvalue weighted by molar-refractivity contribution is -0.274. The van der Waals surface area contributed by atoms with Gasteiger partial charge >= 0.3 is 12.5 Å². The first-order valence-electron chi connectivity index (χ1n) is 19.7. The van der Waals surface area contributed by atoms with Crippen molar-refractivity contribution in [3.8, 4) is 17.0 Å². The summed E-state index contributed by atoms with van der Waals surface area (Å²) in [5.41, 5.74) is 0.346. The van der Waals surface area contributed by atoms with Crippen molar-refractivity contribution in [2.24, 2.45) is 5.92 Å². The molecule has 20 heteroatoms. The Hall–Kier alpha value is -5.24. The fraction of sp³-hybridized carbons (Fsp3) is 0.475. The molecule has 5 aliphatic rings. The van der Waals surface area contributed by atoms with Crippen LogP contribution in [0.3, 0.4) is 0 Å². The number of hydrogen-bond acceptors (Lipinski definition) is 11. The molecule has 3 fully saturated rings. The van der Waals surface area contributed by atoms with Gasteiger partial charge in [-0.25, -0.2) is 22.6 Å². The van der Waals surface area contributed by atoms with Crippen LogP contribution < -0.4 is 20.1 Å². The molecule has 0 bridgehead atoms. The molecule has 0 radical (unpaired) electrons. The molecule has 2 aliphatic carbocycles. The maximum absolute atomic E-state index is 14.7. The molecule has 3 N–H and O–H groups in total. The summed E-state index contributed by atoms with van der Waals surface area (Å²) in [5.74, 6) is -3.44. The standard InChI is InChI=1S/C40H42F4N6O8S2/c41-30-9-6-7-24-19-49(21-29(24)30)38(54)57-27-17-33-34(51)47-39(36(53)48-60(55,56)28-15-16-28)18-25(39)8-4-2-1-3-5-10-31(35(52)50(33)20-27)45-37-46-32(22-59-37)23-11-13-26(14-12-23)58-40(42,43)44/h4,6-9,11-14,22,25,27-28,31,33H,1-3,5,10,15-21H2,(H,45,46)(H,47,51)(H,48,53)/b8-4-/t25-,27+,31-,33-,39+/m0/s1. The summed E-state index contributed by atoms with van der Waals surface area (Å²) in [6.07, 6.45) is 1.01. The van der Waals surface area contributed by atoms with Crippen LogP contribution >= 0.6 is 11.3 Å². The number of aromatic nitrogens is 1. The van der Waals surface area contributed by atoms with Gasteiger partial charge < -0.3 is 25.0 Å². The minimum Gasteiger partial charge on any atom is -0.444 e. The highest BCUT2D eigenvalue weighted by atomic mass is 32.2. The van der Waals surface area contributed by atoms with Crippen LogP contribution in [0.5, 0.6) is 5.75 Å². The first kappa shape index (κ1) is 41.5. The number of amides is 4.